The lowest BCUT2D eigenvalue weighted by Crippen LogP contribution is -2.24. The van der Waals surface area contributed by atoms with Crippen molar-refractivity contribution >= 4 is 17.4 Å². The van der Waals surface area contributed by atoms with Gasteiger partial charge < -0.3 is 15.2 Å². The number of aryl methyl sites for hydroxylation is 1. The number of carbonyl (C=O) groups excluding carboxylic acids is 1. The van der Waals surface area contributed by atoms with Gasteiger partial charge in [0.1, 0.15) is 11.6 Å². The Morgan fingerprint density at radius 1 is 1.14 bits per heavy atom. The standard InChI is InChI=1S/C25H21F3N6O/c1-14-6-7-18(32-23(35)15-4-2-5-17(10-15)25(26,27)28)12-19(14)20-11-16-13-31-24(29)33-21(16)34-9-3-8-30-22(20)34/h2,4-7,10-13,29-30H,3,8-9H2,1H3,(H,32,35). The summed E-state index contributed by atoms with van der Waals surface area (Å²) in [4.78, 5) is 21.1. The summed E-state index contributed by atoms with van der Waals surface area (Å²) in [5.41, 5.74) is 2.91. The first-order valence-corrected chi connectivity index (χ1v) is 11.0. The molecule has 10 heteroatoms. The smallest absolute Gasteiger partial charge is 0.371 e. The Bertz CT molecular complexity index is 1480. The van der Waals surface area contributed by atoms with Gasteiger partial charge in [-0.2, -0.15) is 18.2 Å². The molecule has 178 valence electrons. The molecule has 0 fully saturated rings. The molecular weight excluding hydrogens is 457 g/mol. The Balaban J connectivity index is 1.55. The zero-order valence-electron chi connectivity index (χ0n) is 18.7. The molecule has 0 spiro atoms. The number of carbonyl (C=O) groups is 1. The molecule has 3 N–H and O–H groups in total. The number of fused-ring (bicyclic) bond motifs is 3. The number of amides is 1. The zero-order valence-corrected chi connectivity index (χ0v) is 18.7. The summed E-state index contributed by atoms with van der Waals surface area (Å²) < 4.78 is 41.2. The number of nitrogens with one attached hydrogen (secondary N) is 3. The third kappa shape index (κ3) is 4.34. The van der Waals surface area contributed by atoms with Gasteiger partial charge in [-0.15, -0.1) is 0 Å². The van der Waals surface area contributed by atoms with Crippen LogP contribution in [0.4, 0.5) is 24.7 Å². The summed E-state index contributed by atoms with van der Waals surface area (Å²) in [5, 5.41) is 13.9. The van der Waals surface area contributed by atoms with Crippen molar-refractivity contribution in [2.45, 2.75) is 26.1 Å². The van der Waals surface area contributed by atoms with E-state index in [2.05, 4.69) is 20.6 Å². The van der Waals surface area contributed by atoms with Crippen molar-refractivity contribution in [3.8, 4) is 22.5 Å². The lowest BCUT2D eigenvalue weighted by atomic mass is 9.97. The van der Waals surface area contributed by atoms with Gasteiger partial charge in [0.25, 0.3) is 5.91 Å². The minimum atomic E-state index is -4.53. The van der Waals surface area contributed by atoms with Gasteiger partial charge >= 0.3 is 6.18 Å². The van der Waals surface area contributed by atoms with E-state index in [-0.39, 0.29) is 11.2 Å². The van der Waals surface area contributed by atoms with Crippen molar-refractivity contribution in [1.82, 2.24) is 14.5 Å². The van der Waals surface area contributed by atoms with E-state index in [1.807, 2.05) is 23.6 Å². The molecule has 0 unspecified atom stereocenters. The first-order valence-electron chi connectivity index (χ1n) is 11.0. The number of hydrogen-bond donors (Lipinski definition) is 3. The number of halogens is 3. The highest BCUT2D eigenvalue weighted by molar-refractivity contribution is 6.04. The molecule has 35 heavy (non-hydrogen) atoms. The summed E-state index contributed by atoms with van der Waals surface area (Å²) in [7, 11) is 0. The molecule has 0 saturated carbocycles. The number of nitrogens with zero attached hydrogens (tertiary/aromatic N) is 3. The Kier molecular flexibility index (Phi) is 5.50. The van der Waals surface area contributed by atoms with E-state index in [1.165, 1.54) is 12.1 Å². The van der Waals surface area contributed by atoms with Crippen LogP contribution in [0.5, 0.6) is 0 Å². The molecule has 3 aliphatic rings. The molecule has 0 bridgehead atoms. The third-order valence-corrected chi connectivity index (χ3v) is 5.97. The third-order valence-electron chi connectivity index (χ3n) is 5.97. The van der Waals surface area contributed by atoms with Crippen LogP contribution in [-0.2, 0) is 12.7 Å². The number of rotatable bonds is 3. The molecule has 0 atom stereocenters. The van der Waals surface area contributed by atoms with Gasteiger partial charge in [-0.05, 0) is 60.9 Å². The van der Waals surface area contributed by atoms with Gasteiger partial charge in [-0.1, -0.05) is 12.1 Å². The molecule has 0 aromatic heterocycles. The second kappa shape index (κ2) is 8.53. The average molecular weight is 478 g/mol. The molecule has 3 aliphatic heterocycles. The lowest BCUT2D eigenvalue weighted by Gasteiger charge is -2.28. The predicted molar refractivity (Wildman–Crippen MR) is 125 cm³/mol. The fraction of sp³-hybridized carbons (Fsp3) is 0.200. The largest absolute Gasteiger partial charge is 0.416 e. The quantitative estimate of drug-likeness (QED) is 0.389. The Morgan fingerprint density at radius 2 is 1.97 bits per heavy atom. The summed E-state index contributed by atoms with van der Waals surface area (Å²) in [5.74, 6) is 0.893. The van der Waals surface area contributed by atoms with Gasteiger partial charge in [-0.3, -0.25) is 10.2 Å². The van der Waals surface area contributed by atoms with Crippen molar-refractivity contribution in [2.24, 2.45) is 0 Å². The van der Waals surface area contributed by atoms with E-state index in [1.54, 1.807) is 18.3 Å². The summed E-state index contributed by atoms with van der Waals surface area (Å²) in [6.45, 7) is 3.46. The monoisotopic (exact) mass is 478 g/mol. The van der Waals surface area contributed by atoms with Gasteiger partial charge in [-0.25, -0.2) is 4.98 Å². The van der Waals surface area contributed by atoms with Crippen LogP contribution < -0.4 is 16.3 Å². The zero-order chi connectivity index (χ0) is 24.7. The first kappa shape index (κ1) is 22.6. The maximum absolute atomic E-state index is 13.1. The van der Waals surface area contributed by atoms with E-state index >= 15 is 0 Å². The van der Waals surface area contributed by atoms with Crippen molar-refractivity contribution in [2.75, 3.05) is 17.2 Å². The van der Waals surface area contributed by atoms with Crippen molar-refractivity contribution in [3.63, 3.8) is 0 Å². The molecule has 0 saturated heterocycles. The van der Waals surface area contributed by atoms with Crippen LogP contribution in [0.3, 0.4) is 0 Å². The molecule has 1 amide bonds. The number of hydrogen-bond acceptors (Lipinski definition) is 5. The van der Waals surface area contributed by atoms with E-state index < -0.39 is 17.6 Å². The predicted octanol–water partition coefficient (Wildman–Crippen LogP) is 4.92. The molecule has 5 rings (SSSR count). The molecule has 0 aliphatic carbocycles. The highest BCUT2D eigenvalue weighted by Gasteiger charge is 2.31. The number of aromatic nitrogens is 3. The number of alkyl halides is 3. The molecule has 2 aromatic rings. The maximum Gasteiger partial charge on any atom is 0.416 e. The van der Waals surface area contributed by atoms with Gasteiger partial charge in [0.05, 0.1) is 5.56 Å². The van der Waals surface area contributed by atoms with Crippen LogP contribution in [0.2, 0.25) is 0 Å². The Morgan fingerprint density at radius 3 is 2.77 bits per heavy atom. The Labute approximate surface area is 198 Å². The fourth-order valence-electron chi connectivity index (χ4n) is 4.26. The lowest BCUT2D eigenvalue weighted by molar-refractivity contribution is -0.137. The first-order chi connectivity index (χ1) is 16.7. The molecule has 0 radical (unpaired) electrons. The minimum Gasteiger partial charge on any atom is -0.371 e. The molecule has 7 nitrogen and oxygen atoms in total. The van der Waals surface area contributed by atoms with Crippen LogP contribution in [-0.4, -0.2) is 27.0 Å². The molecular formula is C25H21F3N6O. The summed E-state index contributed by atoms with van der Waals surface area (Å²) in [6, 6.07) is 11.7. The van der Waals surface area contributed by atoms with Crippen molar-refractivity contribution in [3.05, 3.63) is 77.0 Å². The van der Waals surface area contributed by atoms with Gasteiger partial charge in [0.2, 0.25) is 5.62 Å². The second-order valence-electron chi connectivity index (χ2n) is 8.37. The van der Waals surface area contributed by atoms with E-state index in [0.29, 0.717) is 11.5 Å². The van der Waals surface area contributed by atoms with Crippen molar-refractivity contribution < 1.29 is 18.0 Å². The SMILES string of the molecule is Cc1ccc(NC(=O)c2cccc(C(F)(F)F)c2)cc1-c1cc2cnc(=N)nc-2n2c1NCCC2. The van der Waals surface area contributed by atoms with E-state index in [0.717, 1.165) is 59.7 Å². The van der Waals surface area contributed by atoms with Crippen LogP contribution in [0.1, 0.15) is 27.9 Å². The van der Waals surface area contributed by atoms with E-state index in [4.69, 9.17) is 5.41 Å². The number of pyridine rings is 1. The van der Waals surface area contributed by atoms with E-state index in [9.17, 15) is 18.0 Å². The van der Waals surface area contributed by atoms with Crippen LogP contribution >= 0.6 is 0 Å². The second-order valence-corrected chi connectivity index (χ2v) is 8.37. The van der Waals surface area contributed by atoms with Crippen LogP contribution in [0.15, 0.2) is 54.7 Å². The summed E-state index contributed by atoms with van der Waals surface area (Å²) >= 11 is 0. The topological polar surface area (TPSA) is 95.7 Å². The summed E-state index contributed by atoms with van der Waals surface area (Å²) in [6.07, 6.45) is -2.01. The average Bonchev–Trinajstić information content (AvgIpc) is 2.84. The number of benzene rings is 2. The normalized spacial score (nSPS) is 13.3. The fourth-order valence-corrected chi connectivity index (χ4v) is 4.26. The molecule has 2 aromatic carbocycles. The van der Waals surface area contributed by atoms with Crippen molar-refractivity contribution in [1.29, 1.82) is 5.41 Å². The molecule has 3 heterocycles. The van der Waals surface area contributed by atoms with Gasteiger partial charge in [0.15, 0.2) is 0 Å². The maximum atomic E-state index is 13.1. The number of anilines is 2. The highest BCUT2D eigenvalue weighted by atomic mass is 19.4. The minimum absolute atomic E-state index is 0.0546. The van der Waals surface area contributed by atoms with Crippen LogP contribution in [0, 0.1) is 12.3 Å². The van der Waals surface area contributed by atoms with Gasteiger partial charge in [0, 0.05) is 41.7 Å². The highest BCUT2D eigenvalue weighted by Crippen LogP contribution is 2.38. The van der Waals surface area contributed by atoms with Crippen LogP contribution in [0.25, 0.3) is 22.5 Å². The Hall–Kier alpha value is -4.21.